The highest BCUT2D eigenvalue weighted by atomic mass is 16.2. The van der Waals surface area contributed by atoms with Crippen molar-refractivity contribution in [2.45, 2.75) is 20.3 Å². The highest BCUT2D eigenvalue weighted by Crippen LogP contribution is 2.35. The lowest BCUT2D eigenvalue weighted by atomic mass is 10.1. The lowest BCUT2D eigenvalue weighted by molar-refractivity contribution is 0.715. The van der Waals surface area contributed by atoms with Crippen molar-refractivity contribution < 1.29 is 0 Å². The van der Waals surface area contributed by atoms with Crippen LogP contribution in [0.25, 0.3) is 38.7 Å². The van der Waals surface area contributed by atoms with Crippen LogP contribution in [0.5, 0.6) is 0 Å². The fraction of sp³-hybridized carbons (Fsp3) is 0.208. The number of aryl methyl sites for hydroxylation is 3. The number of benzene rings is 2. The van der Waals surface area contributed by atoms with Crippen molar-refractivity contribution >= 4 is 27.5 Å². The summed E-state index contributed by atoms with van der Waals surface area (Å²) in [5, 5.41) is 0.540. The molecule has 0 radical (unpaired) electrons. The van der Waals surface area contributed by atoms with Gasteiger partial charge in [-0.2, -0.15) is 0 Å². The monoisotopic (exact) mass is 398 g/mol. The van der Waals surface area contributed by atoms with Crippen molar-refractivity contribution in [2.24, 2.45) is 14.1 Å². The van der Waals surface area contributed by atoms with Gasteiger partial charge < -0.3 is 4.40 Å². The molecule has 6 nitrogen and oxygen atoms in total. The third-order valence-corrected chi connectivity index (χ3v) is 5.85. The summed E-state index contributed by atoms with van der Waals surface area (Å²) in [6.45, 7) is 4.08. The molecular formula is C24H22N4O2. The van der Waals surface area contributed by atoms with Crippen LogP contribution in [0, 0.1) is 6.92 Å². The van der Waals surface area contributed by atoms with Crippen molar-refractivity contribution in [2.75, 3.05) is 0 Å². The van der Waals surface area contributed by atoms with Gasteiger partial charge in [0.2, 0.25) is 0 Å². The van der Waals surface area contributed by atoms with Crippen LogP contribution in [0.15, 0.2) is 58.1 Å². The lowest BCUT2D eigenvalue weighted by Gasteiger charge is -2.11. The number of nitrogens with zero attached hydrogens (tertiary/aromatic N) is 4. The van der Waals surface area contributed by atoms with Gasteiger partial charge in [0.1, 0.15) is 0 Å². The largest absolute Gasteiger partial charge is 0.331 e. The molecule has 0 saturated heterocycles. The zero-order valence-electron chi connectivity index (χ0n) is 17.4. The number of rotatable bonds is 2. The zero-order chi connectivity index (χ0) is 21.2. The number of hydrogen-bond donors (Lipinski definition) is 0. The predicted molar refractivity (Wildman–Crippen MR) is 120 cm³/mol. The van der Waals surface area contributed by atoms with E-state index in [2.05, 4.69) is 10.5 Å². The number of hydrogen-bond acceptors (Lipinski definition) is 3. The smallest absolute Gasteiger partial charge is 0.303 e. The molecule has 5 aromatic rings. The summed E-state index contributed by atoms with van der Waals surface area (Å²) in [4.78, 5) is 31.1. The average Bonchev–Trinajstić information content (AvgIpc) is 3.12. The van der Waals surface area contributed by atoms with E-state index in [0.717, 1.165) is 39.1 Å². The molecule has 0 aliphatic rings. The van der Waals surface area contributed by atoms with Crippen LogP contribution in [0.1, 0.15) is 18.2 Å². The van der Waals surface area contributed by atoms with Crippen LogP contribution in [0.4, 0.5) is 0 Å². The molecule has 3 heterocycles. The second-order valence-electron chi connectivity index (χ2n) is 7.73. The Balaban J connectivity index is 2.23. The molecule has 0 unspecified atom stereocenters. The van der Waals surface area contributed by atoms with E-state index in [1.165, 1.54) is 11.6 Å². The van der Waals surface area contributed by atoms with Crippen molar-refractivity contribution in [1.82, 2.24) is 18.5 Å². The van der Waals surface area contributed by atoms with E-state index in [1.54, 1.807) is 11.6 Å². The summed E-state index contributed by atoms with van der Waals surface area (Å²) >= 11 is 0. The molecule has 0 N–H and O–H groups in total. The highest BCUT2D eigenvalue weighted by molar-refractivity contribution is 6.07. The van der Waals surface area contributed by atoms with Gasteiger partial charge in [-0.05, 0) is 37.1 Å². The summed E-state index contributed by atoms with van der Waals surface area (Å²) in [5.74, 6) is 0. The fourth-order valence-corrected chi connectivity index (χ4v) is 4.43. The summed E-state index contributed by atoms with van der Waals surface area (Å²) in [6, 6.07) is 16.0. The molecule has 0 aliphatic carbocycles. The first-order chi connectivity index (χ1) is 14.4. The van der Waals surface area contributed by atoms with Gasteiger partial charge in [-0.3, -0.25) is 13.9 Å². The number of para-hydroxylation sites is 2. The Labute approximate surface area is 172 Å². The van der Waals surface area contributed by atoms with Crippen LogP contribution < -0.4 is 11.2 Å². The Hall–Kier alpha value is -3.67. The van der Waals surface area contributed by atoms with Crippen molar-refractivity contribution in [1.29, 1.82) is 0 Å². The molecule has 0 bridgehead atoms. The zero-order valence-corrected chi connectivity index (χ0v) is 17.4. The summed E-state index contributed by atoms with van der Waals surface area (Å²) in [6.07, 6.45) is 0.685. The SMILES string of the molecule is CCc1nc2ccccc2n2c(-c3cccc(C)c3)c3c(=O)n(C)c(=O)n(C)c3c12. The minimum absolute atomic E-state index is 0.292. The first-order valence-electron chi connectivity index (χ1n) is 10.0. The van der Waals surface area contributed by atoms with E-state index in [1.807, 2.05) is 56.3 Å². The first kappa shape index (κ1) is 18.4. The van der Waals surface area contributed by atoms with Gasteiger partial charge in [-0.25, -0.2) is 9.78 Å². The Kier molecular flexibility index (Phi) is 3.93. The maximum absolute atomic E-state index is 13.4. The van der Waals surface area contributed by atoms with Crippen LogP contribution in [-0.2, 0) is 20.5 Å². The van der Waals surface area contributed by atoms with Gasteiger partial charge in [0.25, 0.3) is 5.56 Å². The van der Waals surface area contributed by atoms with Crippen LogP contribution in [0.2, 0.25) is 0 Å². The maximum Gasteiger partial charge on any atom is 0.331 e. The molecule has 150 valence electrons. The second kappa shape index (κ2) is 6.42. The number of aromatic nitrogens is 4. The normalized spacial score (nSPS) is 11.7. The third-order valence-electron chi connectivity index (χ3n) is 5.85. The average molecular weight is 398 g/mol. The standard InChI is InChI=1S/C24H22N4O2/c1-5-16-21-22-19(23(29)27(4)24(30)26(22)3)20(15-10-8-9-14(2)13-15)28(21)18-12-7-6-11-17(18)25-16/h6-13H,5H2,1-4H3. The molecule has 0 spiro atoms. The van der Waals surface area contributed by atoms with Gasteiger partial charge in [0, 0.05) is 14.1 Å². The quantitative estimate of drug-likeness (QED) is 0.457. The fourth-order valence-electron chi connectivity index (χ4n) is 4.43. The molecule has 0 amide bonds. The molecule has 0 fully saturated rings. The molecule has 2 aromatic carbocycles. The van der Waals surface area contributed by atoms with Crippen LogP contribution in [0.3, 0.4) is 0 Å². The van der Waals surface area contributed by atoms with E-state index in [4.69, 9.17) is 4.98 Å². The minimum Gasteiger partial charge on any atom is -0.303 e. The summed E-state index contributed by atoms with van der Waals surface area (Å²) < 4.78 is 4.87. The van der Waals surface area contributed by atoms with Gasteiger partial charge in [-0.15, -0.1) is 0 Å². The molecular weight excluding hydrogens is 376 g/mol. The highest BCUT2D eigenvalue weighted by Gasteiger charge is 2.24. The topological polar surface area (TPSA) is 61.3 Å². The molecule has 5 rings (SSSR count). The minimum atomic E-state index is -0.342. The number of fused-ring (bicyclic) bond motifs is 5. The molecule has 6 heteroatoms. The second-order valence-corrected chi connectivity index (χ2v) is 7.73. The molecule has 0 atom stereocenters. The van der Waals surface area contributed by atoms with E-state index in [-0.39, 0.29) is 11.2 Å². The Morgan fingerprint density at radius 1 is 0.933 bits per heavy atom. The molecule has 3 aromatic heterocycles. The third kappa shape index (κ3) is 2.33. The molecule has 30 heavy (non-hydrogen) atoms. The van der Waals surface area contributed by atoms with Crippen LogP contribution in [-0.4, -0.2) is 18.5 Å². The Morgan fingerprint density at radius 3 is 2.43 bits per heavy atom. The Morgan fingerprint density at radius 2 is 1.70 bits per heavy atom. The van der Waals surface area contributed by atoms with Gasteiger partial charge in [-0.1, -0.05) is 42.8 Å². The molecule has 0 saturated carbocycles. The van der Waals surface area contributed by atoms with Crippen molar-refractivity contribution in [3.05, 3.63) is 80.6 Å². The van der Waals surface area contributed by atoms with Crippen LogP contribution >= 0.6 is 0 Å². The lowest BCUT2D eigenvalue weighted by Crippen LogP contribution is -2.36. The van der Waals surface area contributed by atoms with E-state index >= 15 is 0 Å². The van der Waals surface area contributed by atoms with E-state index in [9.17, 15) is 9.59 Å². The molecule has 0 aliphatic heterocycles. The van der Waals surface area contributed by atoms with Gasteiger partial charge in [0.05, 0.1) is 38.8 Å². The van der Waals surface area contributed by atoms with Gasteiger partial charge >= 0.3 is 5.69 Å². The van der Waals surface area contributed by atoms with Gasteiger partial charge in [0.15, 0.2) is 0 Å². The van der Waals surface area contributed by atoms with E-state index in [0.29, 0.717) is 17.3 Å². The predicted octanol–water partition coefficient (Wildman–Crippen LogP) is 3.58. The Bertz CT molecular complexity index is 1600. The summed E-state index contributed by atoms with van der Waals surface area (Å²) in [7, 11) is 3.25. The first-order valence-corrected chi connectivity index (χ1v) is 10.0. The van der Waals surface area contributed by atoms with Crippen molar-refractivity contribution in [3.8, 4) is 11.3 Å². The summed E-state index contributed by atoms with van der Waals surface area (Å²) in [5.41, 5.74) is 6.29. The van der Waals surface area contributed by atoms with E-state index < -0.39 is 0 Å². The maximum atomic E-state index is 13.4. The van der Waals surface area contributed by atoms with Crippen molar-refractivity contribution in [3.63, 3.8) is 0 Å².